The third-order valence-corrected chi connectivity index (χ3v) is 6.69. The number of amides is 1. The van der Waals surface area contributed by atoms with Crippen molar-refractivity contribution in [2.45, 2.75) is 30.4 Å². The van der Waals surface area contributed by atoms with Crippen LogP contribution in [0.4, 0.5) is 10.1 Å². The summed E-state index contributed by atoms with van der Waals surface area (Å²) in [5.41, 5.74) is 2.59. The zero-order valence-corrected chi connectivity index (χ0v) is 15.0. The van der Waals surface area contributed by atoms with Crippen molar-refractivity contribution in [2.24, 2.45) is 0 Å². The van der Waals surface area contributed by atoms with Crippen LogP contribution in [0, 0.1) is 5.82 Å². The quantitative estimate of drug-likeness (QED) is 0.774. The second-order valence-electron chi connectivity index (χ2n) is 5.83. The van der Waals surface area contributed by atoms with E-state index in [1.165, 1.54) is 6.07 Å². The Labute approximate surface area is 147 Å². The number of carbonyl (C=O) groups excluding carboxylic acids is 2. The first-order valence-corrected chi connectivity index (χ1v) is 10.0. The molecule has 1 radical (unpaired) electrons. The Morgan fingerprint density at radius 1 is 1.17 bits per heavy atom. The van der Waals surface area contributed by atoms with Crippen LogP contribution < -0.4 is 5.32 Å². The molecule has 0 bridgehead atoms. The van der Waals surface area contributed by atoms with Crippen LogP contribution in [0.5, 0.6) is 0 Å². The molecule has 1 heterocycles. The van der Waals surface area contributed by atoms with Crippen molar-refractivity contribution < 1.29 is 14.0 Å². The summed E-state index contributed by atoms with van der Waals surface area (Å²) in [5, 5.41) is 2.89. The number of anilines is 1. The van der Waals surface area contributed by atoms with Crippen LogP contribution in [0.3, 0.4) is 0 Å². The number of nitrogens with one attached hydrogen (secondary N) is 1. The molecule has 5 heteroatoms. The SMILES string of the molecule is O=C(CCCc1ccccc1F)[As]C1Cc2ccccc2NC1=O. The molecule has 0 fully saturated rings. The van der Waals surface area contributed by atoms with E-state index < -0.39 is 15.8 Å². The summed E-state index contributed by atoms with van der Waals surface area (Å²) in [4.78, 5) is 24.4. The van der Waals surface area contributed by atoms with Gasteiger partial charge in [0.15, 0.2) is 0 Å². The zero-order chi connectivity index (χ0) is 16.9. The second kappa shape index (κ2) is 7.76. The molecule has 1 aliphatic heterocycles. The standard InChI is InChI=1S/C19H18AsFNO2/c21-16-9-3-1-6-13(16)8-5-11-18(23)20-15-12-14-7-2-4-10-17(14)22-19(15)24/h1-4,6-7,9-10,15H,5,8,11-12H2,(H,22,24). The maximum absolute atomic E-state index is 13.5. The van der Waals surface area contributed by atoms with Gasteiger partial charge in [-0.1, -0.05) is 0 Å². The molecule has 0 aromatic heterocycles. The predicted octanol–water partition coefficient (Wildman–Crippen LogP) is 3.36. The van der Waals surface area contributed by atoms with Crippen LogP contribution in [0.1, 0.15) is 24.0 Å². The monoisotopic (exact) mass is 386 g/mol. The third kappa shape index (κ3) is 4.12. The molecule has 24 heavy (non-hydrogen) atoms. The molecule has 0 saturated heterocycles. The average Bonchev–Trinajstić information content (AvgIpc) is 2.57. The van der Waals surface area contributed by atoms with E-state index in [-0.39, 0.29) is 21.0 Å². The molecule has 0 aliphatic carbocycles. The van der Waals surface area contributed by atoms with Crippen LogP contribution in [0.25, 0.3) is 0 Å². The van der Waals surface area contributed by atoms with Crippen molar-refractivity contribution in [1.82, 2.24) is 0 Å². The Kier molecular flexibility index (Phi) is 5.47. The van der Waals surface area contributed by atoms with Gasteiger partial charge in [0.1, 0.15) is 0 Å². The zero-order valence-electron chi connectivity index (χ0n) is 13.2. The molecule has 123 valence electrons. The van der Waals surface area contributed by atoms with E-state index in [9.17, 15) is 14.0 Å². The number of hydrogen-bond donors (Lipinski definition) is 1. The Bertz CT molecular complexity index is 763. The normalized spacial score (nSPS) is 16.9. The van der Waals surface area contributed by atoms with Gasteiger partial charge in [0, 0.05) is 0 Å². The molecule has 3 rings (SSSR count). The second-order valence-corrected chi connectivity index (χ2v) is 8.73. The van der Waals surface area contributed by atoms with Crippen LogP contribution in [0.15, 0.2) is 48.5 Å². The van der Waals surface area contributed by atoms with Crippen molar-refractivity contribution in [3.8, 4) is 0 Å². The Morgan fingerprint density at radius 2 is 1.92 bits per heavy atom. The predicted molar refractivity (Wildman–Crippen MR) is 92.6 cm³/mol. The van der Waals surface area contributed by atoms with Gasteiger partial charge in [-0.05, 0) is 0 Å². The van der Waals surface area contributed by atoms with Crippen LogP contribution >= 0.6 is 0 Å². The minimum absolute atomic E-state index is 0.0452. The Hall–Kier alpha value is -1.93. The van der Waals surface area contributed by atoms with Crippen molar-refractivity contribution in [2.75, 3.05) is 5.32 Å². The summed E-state index contributed by atoms with van der Waals surface area (Å²) < 4.78 is 13.5. The van der Waals surface area contributed by atoms with E-state index in [0.717, 1.165) is 11.3 Å². The molecule has 0 spiro atoms. The number of hydrogen-bond acceptors (Lipinski definition) is 2. The van der Waals surface area contributed by atoms with Gasteiger partial charge in [-0.15, -0.1) is 0 Å². The number of benzene rings is 2. The van der Waals surface area contributed by atoms with E-state index in [2.05, 4.69) is 5.32 Å². The summed E-state index contributed by atoms with van der Waals surface area (Å²) in [5.74, 6) is -0.266. The molecule has 1 amide bonds. The first-order valence-electron chi connectivity index (χ1n) is 7.99. The summed E-state index contributed by atoms with van der Waals surface area (Å²) in [6.07, 6.45) is 2.24. The fourth-order valence-electron chi connectivity index (χ4n) is 2.81. The van der Waals surface area contributed by atoms with E-state index in [0.29, 0.717) is 31.2 Å². The van der Waals surface area contributed by atoms with Gasteiger partial charge in [0.05, 0.1) is 0 Å². The average molecular weight is 386 g/mol. The summed E-state index contributed by atoms with van der Waals surface area (Å²) in [6.45, 7) is 0. The minimum atomic E-state index is -0.697. The van der Waals surface area contributed by atoms with Gasteiger partial charge < -0.3 is 0 Å². The van der Waals surface area contributed by atoms with E-state index in [1.54, 1.807) is 18.2 Å². The number of carbonyl (C=O) groups is 2. The molecule has 2 aromatic rings. The molecular formula is C19H18AsFNO2. The van der Waals surface area contributed by atoms with Crippen molar-refractivity contribution in [3.63, 3.8) is 0 Å². The first-order chi connectivity index (χ1) is 11.6. The summed E-state index contributed by atoms with van der Waals surface area (Å²) >= 11 is -0.697. The molecule has 1 N–H and O–H groups in total. The summed E-state index contributed by atoms with van der Waals surface area (Å²) in [7, 11) is 0. The Morgan fingerprint density at radius 3 is 2.75 bits per heavy atom. The number of aryl methyl sites for hydroxylation is 1. The molecule has 1 aliphatic rings. The van der Waals surface area contributed by atoms with Gasteiger partial charge in [-0.2, -0.15) is 0 Å². The van der Waals surface area contributed by atoms with Crippen LogP contribution in [-0.2, 0) is 22.4 Å². The van der Waals surface area contributed by atoms with E-state index in [1.807, 2.05) is 24.3 Å². The van der Waals surface area contributed by atoms with Crippen LogP contribution in [0.2, 0.25) is 4.71 Å². The first kappa shape index (κ1) is 16.9. The van der Waals surface area contributed by atoms with Crippen molar-refractivity contribution >= 4 is 31.9 Å². The van der Waals surface area contributed by atoms with Crippen molar-refractivity contribution in [1.29, 1.82) is 0 Å². The number of fused-ring (bicyclic) bond motifs is 1. The van der Waals surface area contributed by atoms with E-state index in [4.69, 9.17) is 0 Å². The fourth-order valence-corrected chi connectivity index (χ4v) is 5.13. The van der Waals surface area contributed by atoms with Gasteiger partial charge in [-0.3, -0.25) is 0 Å². The maximum atomic E-state index is 13.5. The molecule has 0 saturated carbocycles. The van der Waals surface area contributed by atoms with E-state index >= 15 is 0 Å². The number of halogens is 1. The third-order valence-electron chi connectivity index (χ3n) is 4.09. The number of rotatable bonds is 6. The van der Waals surface area contributed by atoms with Gasteiger partial charge >= 0.3 is 147 Å². The van der Waals surface area contributed by atoms with Gasteiger partial charge in [0.2, 0.25) is 0 Å². The fraction of sp³-hybridized carbons (Fsp3) is 0.263. The van der Waals surface area contributed by atoms with Crippen molar-refractivity contribution in [3.05, 3.63) is 65.5 Å². The molecule has 1 atom stereocenters. The molecular weight excluding hydrogens is 368 g/mol. The molecule has 2 aromatic carbocycles. The number of para-hydroxylation sites is 1. The van der Waals surface area contributed by atoms with Gasteiger partial charge in [-0.25, -0.2) is 0 Å². The topological polar surface area (TPSA) is 46.2 Å². The molecule has 3 nitrogen and oxygen atoms in total. The van der Waals surface area contributed by atoms with Gasteiger partial charge in [0.25, 0.3) is 0 Å². The molecule has 1 unspecified atom stereocenters. The summed E-state index contributed by atoms with van der Waals surface area (Å²) in [6, 6.07) is 14.4. The van der Waals surface area contributed by atoms with Crippen LogP contribution in [-0.4, -0.2) is 26.2 Å². The Balaban J connectivity index is 1.50.